The van der Waals surface area contributed by atoms with E-state index in [2.05, 4.69) is 5.32 Å². The Morgan fingerprint density at radius 2 is 1.96 bits per heavy atom. The molecule has 1 atom stereocenters. The minimum Gasteiger partial charge on any atom is -0.454 e. The molecular weight excluding hydrogens is 392 g/mol. The van der Waals surface area contributed by atoms with E-state index < -0.39 is 22.0 Å². The van der Waals surface area contributed by atoms with Crippen molar-refractivity contribution in [3.63, 3.8) is 0 Å². The summed E-state index contributed by atoms with van der Waals surface area (Å²) in [5.74, 6) is 0.840. The van der Waals surface area contributed by atoms with Crippen molar-refractivity contribution in [3.05, 3.63) is 53.1 Å². The van der Waals surface area contributed by atoms with Crippen molar-refractivity contribution in [2.45, 2.75) is 19.5 Å². The van der Waals surface area contributed by atoms with Crippen molar-refractivity contribution in [2.24, 2.45) is 0 Å². The highest BCUT2D eigenvalue weighted by Gasteiger charge is 2.29. The Bertz CT molecular complexity index is 964. The third kappa shape index (κ3) is 4.45. The molecule has 7 nitrogen and oxygen atoms in total. The Balaban J connectivity index is 1.74. The van der Waals surface area contributed by atoms with Gasteiger partial charge in [-0.05, 0) is 42.8 Å². The lowest BCUT2D eigenvalue weighted by atomic mass is 10.2. The number of benzene rings is 2. The van der Waals surface area contributed by atoms with Gasteiger partial charge in [-0.3, -0.25) is 9.10 Å². The summed E-state index contributed by atoms with van der Waals surface area (Å²) in [6.07, 6.45) is 1.05. The van der Waals surface area contributed by atoms with Gasteiger partial charge in [-0.25, -0.2) is 8.42 Å². The molecule has 0 aromatic heterocycles. The summed E-state index contributed by atoms with van der Waals surface area (Å²) < 4.78 is 36.1. The first-order valence-electron chi connectivity index (χ1n) is 8.17. The molecule has 0 saturated heterocycles. The van der Waals surface area contributed by atoms with Crippen LogP contribution in [0.1, 0.15) is 12.5 Å². The average Bonchev–Trinajstić information content (AvgIpc) is 3.06. The van der Waals surface area contributed by atoms with Crippen LogP contribution in [0, 0.1) is 0 Å². The predicted molar refractivity (Wildman–Crippen MR) is 103 cm³/mol. The normalized spacial score (nSPS) is 13.9. The number of rotatable bonds is 6. The Labute approximate surface area is 162 Å². The van der Waals surface area contributed by atoms with Crippen LogP contribution in [0.2, 0.25) is 5.02 Å². The van der Waals surface area contributed by atoms with Gasteiger partial charge in [0.05, 0.1) is 11.9 Å². The number of fused-ring (bicyclic) bond motifs is 1. The number of nitrogens with zero attached hydrogens (tertiary/aromatic N) is 1. The van der Waals surface area contributed by atoms with Crippen molar-refractivity contribution in [2.75, 3.05) is 17.4 Å². The fourth-order valence-electron chi connectivity index (χ4n) is 2.81. The Morgan fingerprint density at radius 3 is 2.67 bits per heavy atom. The summed E-state index contributed by atoms with van der Waals surface area (Å²) in [6, 6.07) is 10.8. The molecule has 0 bridgehead atoms. The molecule has 0 radical (unpaired) electrons. The van der Waals surface area contributed by atoms with Crippen molar-refractivity contribution >= 4 is 33.2 Å². The van der Waals surface area contributed by atoms with Gasteiger partial charge < -0.3 is 14.8 Å². The van der Waals surface area contributed by atoms with Gasteiger partial charge in [0.15, 0.2) is 11.5 Å². The molecule has 0 aliphatic carbocycles. The van der Waals surface area contributed by atoms with Gasteiger partial charge in [-0.1, -0.05) is 23.7 Å². The first-order chi connectivity index (χ1) is 12.8. The standard InChI is InChI=1S/C18H19ClN2O5S/c1-12(21(27(2,23)24)15-5-3-4-14(19)9-15)18(22)20-10-13-6-7-16-17(8-13)26-11-25-16/h3-9,12H,10-11H2,1-2H3,(H,20,22). The van der Waals surface area contributed by atoms with E-state index in [9.17, 15) is 13.2 Å². The Kier molecular flexibility index (Phi) is 5.48. The number of ether oxygens (including phenoxy) is 2. The van der Waals surface area contributed by atoms with Gasteiger partial charge in [0, 0.05) is 11.6 Å². The fourth-order valence-corrected chi connectivity index (χ4v) is 4.16. The quantitative estimate of drug-likeness (QED) is 0.791. The van der Waals surface area contributed by atoms with Crippen LogP contribution < -0.4 is 19.1 Å². The molecule has 0 saturated carbocycles. The number of anilines is 1. The summed E-state index contributed by atoms with van der Waals surface area (Å²) in [5, 5.41) is 3.14. The van der Waals surface area contributed by atoms with E-state index in [0.29, 0.717) is 22.2 Å². The third-order valence-electron chi connectivity index (χ3n) is 4.05. The zero-order chi connectivity index (χ0) is 19.6. The molecule has 1 heterocycles. The van der Waals surface area contributed by atoms with Gasteiger partial charge in [0.25, 0.3) is 0 Å². The second-order valence-electron chi connectivity index (χ2n) is 6.12. The molecule has 9 heteroatoms. The van der Waals surface area contributed by atoms with E-state index in [1.54, 1.807) is 30.3 Å². The van der Waals surface area contributed by atoms with E-state index in [0.717, 1.165) is 16.1 Å². The van der Waals surface area contributed by atoms with E-state index in [1.807, 2.05) is 6.07 Å². The number of hydrogen-bond donors (Lipinski definition) is 1. The average molecular weight is 411 g/mol. The molecule has 1 amide bonds. The maximum atomic E-state index is 12.6. The van der Waals surface area contributed by atoms with Crippen molar-refractivity contribution in [1.29, 1.82) is 0 Å². The van der Waals surface area contributed by atoms with Crippen LogP contribution in [0.15, 0.2) is 42.5 Å². The molecule has 1 aliphatic rings. The molecule has 0 fully saturated rings. The zero-order valence-electron chi connectivity index (χ0n) is 14.8. The van der Waals surface area contributed by atoms with Gasteiger partial charge in [-0.15, -0.1) is 0 Å². The monoisotopic (exact) mass is 410 g/mol. The molecule has 1 unspecified atom stereocenters. The van der Waals surface area contributed by atoms with Crippen molar-refractivity contribution < 1.29 is 22.7 Å². The number of carbonyl (C=O) groups is 1. The van der Waals surface area contributed by atoms with Crippen LogP contribution >= 0.6 is 11.6 Å². The fraction of sp³-hybridized carbons (Fsp3) is 0.278. The smallest absolute Gasteiger partial charge is 0.243 e. The molecule has 2 aromatic rings. The summed E-state index contributed by atoms with van der Waals surface area (Å²) in [6.45, 7) is 1.93. The summed E-state index contributed by atoms with van der Waals surface area (Å²) in [4.78, 5) is 12.6. The van der Waals surface area contributed by atoms with Gasteiger partial charge in [0.1, 0.15) is 6.04 Å². The number of carbonyl (C=O) groups excluding carboxylic acids is 1. The van der Waals surface area contributed by atoms with Gasteiger partial charge in [-0.2, -0.15) is 0 Å². The highest BCUT2D eigenvalue weighted by atomic mass is 35.5. The molecular formula is C18H19ClN2O5S. The van der Waals surface area contributed by atoms with Crippen molar-refractivity contribution in [1.82, 2.24) is 5.32 Å². The van der Waals surface area contributed by atoms with Crippen LogP contribution in [0.4, 0.5) is 5.69 Å². The number of halogens is 1. The van der Waals surface area contributed by atoms with Crippen LogP contribution in [-0.4, -0.2) is 33.4 Å². The van der Waals surface area contributed by atoms with E-state index in [1.165, 1.54) is 13.0 Å². The van der Waals surface area contributed by atoms with E-state index in [-0.39, 0.29) is 13.3 Å². The minimum absolute atomic E-state index is 0.172. The highest BCUT2D eigenvalue weighted by Crippen LogP contribution is 2.32. The third-order valence-corrected chi connectivity index (χ3v) is 5.53. The number of nitrogens with one attached hydrogen (secondary N) is 1. The largest absolute Gasteiger partial charge is 0.454 e. The maximum absolute atomic E-state index is 12.6. The summed E-state index contributed by atoms with van der Waals surface area (Å²) >= 11 is 5.97. The number of amides is 1. The summed E-state index contributed by atoms with van der Waals surface area (Å²) in [7, 11) is -3.69. The van der Waals surface area contributed by atoms with Crippen LogP contribution in [0.25, 0.3) is 0 Å². The second-order valence-corrected chi connectivity index (χ2v) is 8.42. The molecule has 1 N–H and O–H groups in total. The Morgan fingerprint density at radius 1 is 1.22 bits per heavy atom. The lowest BCUT2D eigenvalue weighted by Crippen LogP contribution is -2.47. The lowest BCUT2D eigenvalue weighted by Gasteiger charge is -2.28. The second kappa shape index (κ2) is 7.66. The molecule has 2 aromatic carbocycles. The van der Waals surface area contributed by atoms with Crippen LogP contribution in [0.5, 0.6) is 11.5 Å². The first-order valence-corrected chi connectivity index (χ1v) is 10.4. The molecule has 144 valence electrons. The SMILES string of the molecule is CC(C(=O)NCc1ccc2c(c1)OCO2)N(c1cccc(Cl)c1)S(C)(=O)=O. The minimum atomic E-state index is -3.69. The lowest BCUT2D eigenvalue weighted by molar-refractivity contribution is -0.122. The maximum Gasteiger partial charge on any atom is 0.243 e. The molecule has 3 rings (SSSR count). The zero-order valence-corrected chi connectivity index (χ0v) is 16.4. The number of hydrogen-bond acceptors (Lipinski definition) is 5. The van der Waals surface area contributed by atoms with Gasteiger partial charge in [0.2, 0.25) is 22.7 Å². The van der Waals surface area contributed by atoms with Crippen LogP contribution in [0.3, 0.4) is 0 Å². The predicted octanol–water partition coefficient (Wildman–Crippen LogP) is 2.54. The highest BCUT2D eigenvalue weighted by molar-refractivity contribution is 7.92. The van der Waals surface area contributed by atoms with Crippen LogP contribution in [-0.2, 0) is 21.4 Å². The molecule has 27 heavy (non-hydrogen) atoms. The topological polar surface area (TPSA) is 84.9 Å². The van der Waals surface area contributed by atoms with Crippen molar-refractivity contribution in [3.8, 4) is 11.5 Å². The van der Waals surface area contributed by atoms with Gasteiger partial charge >= 0.3 is 0 Å². The molecule has 1 aliphatic heterocycles. The van der Waals surface area contributed by atoms with E-state index >= 15 is 0 Å². The number of sulfonamides is 1. The molecule has 0 spiro atoms. The first kappa shape index (κ1) is 19.3. The Hall–Kier alpha value is -2.45. The summed E-state index contributed by atoms with van der Waals surface area (Å²) in [5.41, 5.74) is 1.14. The van der Waals surface area contributed by atoms with E-state index in [4.69, 9.17) is 21.1 Å².